The molecule has 1 aliphatic rings. The molecule has 1 aliphatic carbocycles. The molecule has 0 heterocycles. The van der Waals surface area contributed by atoms with Gasteiger partial charge in [0.05, 0.1) is 11.1 Å². The average molecular weight is 265 g/mol. The van der Waals surface area contributed by atoms with E-state index in [2.05, 4.69) is 0 Å². The first kappa shape index (κ1) is 13.5. The number of benzene rings is 1. The Bertz CT molecular complexity index is 511. The molecule has 0 saturated heterocycles. The van der Waals surface area contributed by atoms with E-state index in [9.17, 15) is 14.0 Å². The van der Waals surface area contributed by atoms with E-state index >= 15 is 0 Å². The van der Waals surface area contributed by atoms with Crippen LogP contribution < -0.4 is 0 Å². The van der Waals surface area contributed by atoms with Crippen molar-refractivity contribution in [2.45, 2.75) is 32.2 Å². The lowest BCUT2D eigenvalue weighted by Gasteiger charge is -2.22. The van der Waals surface area contributed by atoms with Crippen LogP contribution in [0.2, 0.25) is 0 Å². The Balaban J connectivity index is 2.24. The Morgan fingerprint density at radius 1 is 1.42 bits per heavy atom. The Morgan fingerprint density at radius 3 is 2.58 bits per heavy atom. The van der Waals surface area contributed by atoms with E-state index in [1.807, 2.05) is 6.92 Å². The highest BCUT2D eigenvalue weighted by Gasteiger charge is 2.33. The van der Waals surface area contributed by atoms with Gasteiger partial charge < -0.3 is 10.0 Å². The van der Waals surface area contributed by atoms with Gasteiger partial charge in [0.15, 0.2) is 0 Å². The summed E-state index contributed by atoms with van der Waals surface area (Å²) in [4.78, 5) is 24.7. The Kier molecular flexibility index (Phi) is 3.83. The van der Waals surface area contributed by atoms with Crippen molar-refractivity contribution in [1.82, 2.24) is 4.90 Å². The predicted molar refractivity (Wildman–Crippen MR) is 67.7 cm³/mol. The lowest BCUT2D eigenvalue weighted by atomic mass is 10.1. The summed E-state index contributed by atoms with van der Waals surface area (Å²) in [5.41, 5.74) is -0.201. The molecule has 102 valence electrons. The van der Waals surface area contributed by atoms with Gasteiger partial charge >= 0.3 is 5.97 Å². The number of carbonyl (C=O) groups excluding carboxylic acids is 1. The van der Waals surface area contributed by atoms with Crippen LogP contribution in [0.1, 0.15) is 46.9 Å². The second-order valence-electron chi connectivity index (χ2n) is 4.73. The zero-order chi connectivity index (χ0) is 14.0. The van der Waals surface area contributed by atoms with Crippen LogP contribution in [0.4, 0.5) is 4.39 Å². The number of amides is 1. The first-order valence-corrected chi connectivity index (χ1v) is 6.38. The van der Waals surface area contributed by atoms with Crippen LogP contribution in [0.15, 0.2) is 18.2 Å². The molecule has 5 heteroatoms. The molecule has 2 rings (SSSR count). The summed E-state index contributed by atoms with van der Waals surface area (Å²) in [7, 11) is 0. The van der Waals surface area contributed by atoms with Crippen LogP contribution in [0.5, 0.6) is 0 Å². The van der Waals surface area contributed by atoms with Crippen molar-refractivity contribution >= 4 is 11.9 Å². The van der Waals surface area contributed by atoms with Crippen molar-refractivity contribution in [2.24, 2.45) is 0 Å². The number of rotatable bonds is 5. The number of nitrogens with zero attached hydrogens (tertiary/aromatic N) is 1. The summed E-state index contributed by atoms with van der Waals surface area (Å²) in [5, 5.41) is 8.77. The maximum atomic E-state index is 13.8. The molecule has 0 atom stereocenters. The molecule has 0 radical (unpaired) electrons. The maximum absolute atomic E-state index is 13.8. The minimum Gasteiger partial charge on any atom is -0.478 e. The molecule has 0 unspecified atom stereocenters. The topological polar surface area (TPSA) is 57.6 Å². The predicted octanol–water partition coefficient (Wildman–Crippen LogP) is 2.54. The zero-order valence-electron chi connectivity index (χ0n) is 10.7. The molecule has 19 heavy (non-hydrogen) atoms. The third kappa shape index (κ3) is 2.92. The summed E-state index contributed by atoms with van der Waals surface area (Å²) < 4.78 is 13.8. The highest BCUT2D eigenvalue weighted by molar-refractivity contribution is 5.96. The molecule has 0 aliphatic heterocycles. The second-order valence-corrected chi connectivity index (χ2v) is 4.73. The number of carboxylic acid groups (broad SMARTS) is 1. The molecule has 0 spiro atoms. The molecule has 1 amide bonds. The van der Waals surface area contributed by atoms with E-state index in [0.29, 0.717) is 6.54 Å². The van der Waals surface area contributed by atoms with E-state index < -0.39 is 11.8 Å². The molecular formula is C14H16FNO3. The number of carboxylic acids is 1. The Hall–Kier alpha value is -1.91. The largest absolute Gasteiger partial charge is 0.478 e. The van der Waals surface area contributed by atoms with Crippen molar-refractivity contribution in [2.75, 3.05) is 6.54 Å². The molecule has 0 aromatic heterocycles. The summed E-state index contributed by atoms with van der Waals surface area (Å²) in [5.74, 6) is -2.32. The first-order valence-electron chi connectivity index (χ1n) is 6.38. The van der Waals surface area contributed by atoms with Gasteiger partial charge in [0.1, 0.15) is 5.82 Å². The molecule has 1 aromatic carbocycles. The standard InChI is InChI=1S/C14H16FNO3/c1-2-7-16(10-4-5-10)13(17)11-6-3-9(14(18)19)8-12(11)15/h3,6,8,10H,2,4-5,7H2,1H3,(H,18,19). The fraction of sp³-hybridized carbons (Fsp3) is 0.429. The minimum atomic E-state index is -1.20. The van der Waals surface area contributed by atoms with E-state index in [1.165, 1.54) is 12.1 Å². The van der Waals surface area contributed by atoms with Crippen LogP contribution in [-0.2, 0) is 0 Å². The fourth-order valence-electron chi connectivity index (χ4n) is 2.05. The third-order valence-electron chi connectivity index (χ3n) is 3.16. The number of aromatic carboxylic acids is 1. The molecule has 1 N–H and O–H groups in total. The Morgan fingerprint density at radius 2 is 2.11 bits per heavy atom. The SMILES string of the molecule is CCCN(C(=O)c1ccc(C(=O)O)cc1F)C1CC1. The van der Waals surface area contributed by atoms with E-state index in [4.69, 9.17) is 5.11 Å². The second kappa shape index (κ2) is 5.38. The summed E-state index contributed by atoms with van der Waals surface area (Å²) in [6.45, 7) is 2.57. The smallest absolute Gasteiger partial charge is 0.335 e. The minimum absolute atomic E-state index is 0.0506. The van der Waals surface area contributed by atoms with Gasteiger partial charge in [0.2, 0.25) is 0 Å². The summed E-state index contributed by atoms with van der Waals surface area (Å²) >= 11 is 0. The highest BCUT2D eigenvalue weighted by Crippen LogP contribution is 2.29. The highest BCUT2D eigenvalue weighted by atomic mass is 19.1. The van der Waals surface area contributed by atoms with Gasteiger partial charge in [-0.25, -0.2) is 9.18 Å². The maximum Gasteiger partial charge on any atom is 0.335 e. The third-order valence-corrected chi connectivity index (χ3v) is 3.16. The van der Waals surface area contributed by atoms with Crippen LogP contribution in [-0.4, -0.2) is 34.5 Å². The van der Waals surface area contributed by atoms with Gasteiger partial charge in [-0.1, -0.05) is 6.92 Å². The molecule has 4 nitrogen and oxygen atoms in total. The zero-order valence-corrected chi connectivity index (χ0v) is 10.7. The van der Waals surface area contributed by atoms with Gasteiger partial charge in [-0.05, 0) is 37.5 Å². The number of halogens is 1. The van der Waals surface area contributed by atoms with Gasteiger partial charge in [0, 0.05) is 12.6 Å². The van der Waals surface area contributed by atoms with Crippen LogP contribution in [0, 0.1) is 5.82 Å². The van der Waals surface area contributed by atoms with Gasteiger partial charge in [-0.15, -0.1) is 0 Å². The van der Waals surface area contributed by atoms with Crippen LogP contribution in [0.25, 0.3) is 0 Å². The van der Waals surface area contributed by atoms with Crippen molar-refractivity contribution < 1.29 is 19.1 Å². The van der Waals surface area contributed by atoms with Crippen molar-refractivity contribution in [3.8, 4) is 0 Å². The van der Waals surface area contributed by atoms with E-state index in [0.717, 1.165) is 25.3 Å². The first-order chi connectivity index (χ1) is 9.04. The quantitative estimate of drug-likeness (QED) is 0.890. The molecular weight excluding hydrogens is 249 g/mol. The van der Waals surface area contributed by atoms with Crippen molar-refractivity contribution in [1.29, 1.82) is 0 Å². The lowest BCUT2D eigenvalue weighted by Crippen LogP contribution is -2.34. The number of carbonyl (C=O) groups is 2. The molecule has 1 fully saturated rings. The molecule has 1 aromatic rings. The van der Waals surface area contributed by atoms with Gasteiger partial charge in [-0.3, -0.25) is 4.79 Å². The van der Waals surface area contributed by atoms with Crippen molar-refractivity contribution in [3.05, 3.63) is 35.1 Å². The normalized spacial score (nSPS) is 14.2. The van der Waals surface area contributed by atoms with E-state index in [1.54, 1.807) is 4.90 Å². The van der Waals surface area contributed by atoms with Gasteiger partial charge in [0.25, 0.3) is 5.91 Å². The Labute approximate surface area is 110 Å². The fourth-order valence-corrected chi connectivity index (χ4v) is 2.05. The van der Waals surface area contributed by atoms with E-state index in [-0.39, 0.29) is 23.1 Å². The van der Waals surface area contributed by atoms with Crippen LogP contribution >= 0.6 is 0 Å². The number of hydrogen-bond acceptors (Lipinski definition) is 2. The molecule has 0 bridgehead atoms. The lowest BCUT2D eigenvalue weighted by molar-refractivity contribution is 0.0691. The van der Waals surface area contributed by atoms with Crippen molar-refractivity contribution in [3.63, 3.8) is 0 Å². The van der Waals surface area contributed by atoms with Gasteiger partial charge in [-0.2, -0.15) is 0 Å². The summed E-state index contributed by atoms with van der Waals surface area (Å²) in [6.07, 6.45) is 2.73. The number of hydrogen-bond donors (Lipinski definition) is 1. The summed E-state index contributed by atoms with van der Waals surface area (Å²) in [6, 6.07) is 3.63. The molecule has 1 saturated carbocycles. The monoisotopic (exact) mass is 265 g/mol. The van der Waals surface area contributed by atoms with Crippen LogP contribution in [0.3, 0.4) is 0 Å². The average Bonchev–Trinajstić information content (AvgIpc) is 3.19.